The molecule has 3 rings (SSSR count). The van der Waals surface area contributed by atoms with Crippen molar-refractivity contribution < 1.29 is 14.3 Å². The summed E-state index contributed by atoms with van der Waals surface area (Å²) in [5, 5.41) is 4.41. The molecule has 0 saturated carbocycles. The minimum Gasteiger partial charge on any atom is -0.495 e. The number of hydrogen-bond acceptors (Lipinski definition) is 5. The van der Waals surface area contributed by atoms with Crippen LogP contribution in [-0.4, -0.2) is 49.9 Å². The molecule has 1 heterocycles. The topological polar surface area (TPSA) is 63.2 Å². The van der Waals surface area contributed by atoms with Crippen LogP contribution >= 0.6 is 0 Å². The molecule has 0 bridgehead atoms. The van der Waals surface area contributed by atoms with Gasteiger partial charge in [-0.15, -0.1) is 0 Å². The van der Waals surface area contributed by atoms with E-state index in [1.807, 2.05) is 47.4 Å². The fourth-order valence-corrected chi connectivity index (χ4v) is 2.61. The van der Waals surface area contributed by atoms with Crippen LogP contribution in [0, 0.1) is 0 Å². The number of carbonyl (C=O) groups excluding carboxylic acids is 1. The van der Waals surface area contributed by atoms with Gasteiger partial charge in [0.05, 0.1) is 26.0 Å². The van der Waals surface area contributed by atoms with Gasteiger partial charge in [-0.25, -0.2) is 0 Å². The molecule has 0 aliphatic carbocycles. The van der Waals surface area contributed by atoms with Gasteiger partial charge in [-0.05, 0) is 12.1 Å². The number of morpholine rings is 1. The monoisotopic (exact) mass is 339 g/mol. The lowest BCUT2D eigenvalue weighted by Crippen LogP contribution is -2.44. The van der Waals surface area contributed by atoms with Crippen molar-refractivity contribution in [1.82, 2.24) is 4.90 Å². The molecule has 1 N–H and O–H groups in total. The van der Waals surface area contributed by atoms with Crippen molar-refractivity contribution in [2.75, 3.05) is 38.8 Å². The van der Waals surface area contributed by atoms with Crippen LogP contribution in [0.5, 0.6) is 5.75 Å². The van der Waals surface area contributed by atoms with Crippen LogP contribution in [0.4, 0.5) is 5.69 Å². The summed E-state index contributed by atoms with van der Waals surface area (Å²) < 4.78 is 10.7. The minimum absolute atomic E-state index is 0.120. The van der Waals surface area contributed by atoms with Gasteiger partial charge < -0.3 is 14.4 Å². The number of anilines is 1. The Kier molecular flexibility index (Phi) is 5.64. The summed E-state index contributed by atoms with van der Waals surface area (Å²) in [5.74, 6) is 0.921. The summed E-state index contributed by atoms with van der Waals surface area (Å²) in [6.45, 7) is 2.42. The lowest BCUT2D eigenvalue weighted by atomic mass is 10.1. The van der Waals surface area contributed by atoms with Crippen LogP contribution in [-0.2, 0) is 4.74 Å². The number of amidine groups is 1. The number of methoxy groups -OCH3 is 1. The smallest absolute Gasteiger partial charge is 0.229 e. The predicted octanol–water partition coefficient (Wildman–Crippen LogP) is 2.64. The molecular formula is C19H21N3O3. The van der Waals surface area contributed by atoms with Gasteiger partial charge in [-0.3, -0.25) is 10.2 Å². The number of nitrogens with one attached hydrogen (secondary N) is 1. The molecule has 1 aliphatic rings. The maximum atomic E-state index is 12.9. The van der Waals surface area contributed by atoms with Crippen molar-refractivity contribution in [3.63, 3.8) is 0 Å². The number of hydrazone groups is 1. The van der Waals surface area contributed by atoms with Crippen LogP contribution in [0.1, 0.15) is 10.4 Å². The quantitative estimate of drug-likeness (QED) is 0.393. The van der Waals surface area contributed by atoms with Crippen LogP contribution in [0.3, 0.4) is 0 Å². The van der Waals surface area contributed by atoms with Gasteiger partial charge >= 0.3 is 0 Å². The SMILES string of the molecule is COc1ccccc1N/N=C(/C(=O)c1ccccc1)N1CCOCC1. The van der Waals surface area contributed by atoms with Crippen LogP contribution < -0.4 is 10.2 Å². The highest BCUT2D eigenvalue weighted by Gasteiger charge is 2.23. The van der Waals surface area contributed by atoms with Gasteiger partial charge in [0.15, 0.2) is 5.84 Å². The largest absolute Gasteiger partial charge is 0.495 e. The van der Waals surface area contributed by atoms with Crippen molar-refractivity contribution in [3.8, 4) is 5.75 Å². The number of ether oxygens (including phenoxy) is 2. The normalized spacial score (nSPS) is 14.9. The number of nitrogens with zero attached hydrogens (tertiary/aromatic N) is 2. The second kappa shape index (κ2) is 8.30. The van der Waals surface area contributed by atoms with Gasteiger partial charge in [-0.1, -0.05) is 42.5 Å². The number of hydrogen-bond donors (Lipinski definition) is 1. The second-order valence-corrected chi connectivity index (χ2v) is 5.54. The Balaban J connectivity index is 1.89. The minimum atomic E-state index is -0.120. The highest BCUT2D eigenvalue weighted by Crippen LogP contribution is 2.23. The fourth-order valence-electron chi connectivity index (χ4n) is 2.61. The van der Waals surface area contributed by atoms with Crippen LogP contribution in [0.2, 0.25) is 0 Å². The molecule has 1 saturated heterocycles. The molecule has 25 heavy (non-hydrogen) atoms. The fraction of sp³-hybridized carbons (Fsp3) is 0.263. The summed E-state index contributed by atoms with van der Waals surface area (Å²) in [7, 11) is 1.60. The van der Waals surface area contributed by atoms with E-state index in [2.05, 4.69) is 10.5 Å². The molecule has 0 spiro atoms. The zero-order chi connectivity index (χ0) is 17.5. The molecule has 0 unspecified atom stereocenters. The maximum absolute atomic E-state index is 12.9. The second-order valence-electron chi connectivity index (χ2n) is 5.54. The summed E-state index contributed by atoms with van der Waals surface area (Å²) in [6, 6.07) is 16.6. The first kappa shape index (κ1) is 17.0. The van der Waals surface area contributed by atoms with Crippen molar-refractivity contribution >= 4 is 17.3 Å². The Hall–Kier alpha value is -2.86. The van der Waals surface area contributed by atoms with Crippen molar-refractivity contribution in [2.24, 2.45) is 5.10 Å². The van der Waals surface area contributed by atoms with E-state index in [1.165, 1.54) is 0 Å². The van der Waals surface area contributed by atoms with Gasteiger partial charge in [0.25, 0.3) is 0 Å². The number of benzene rings is 2. The molecule has 2 aromatic rings. The number of Topliss-reactive ketones (excluding diaryl/α,β-unsaturated/α-hetero) is 1. The average Bonchev–Trinajstić information content (AvgIpc) is 2.70. The van der Waals surface area contributed by atoms with E-state index in [-0.39, 0.29) is 5.78 Å². The molecule has 1 aliphatic heterocycles. The molecule has 6 nitrogen and oxygen atoms in total. The Morgan fingerprint density at radius 2 is 1.76 bits per heavy atom. The average molecular weight is 339 g/mol. The molecule has 0 atom stereocenters. The van der Waals surface area contributed by atoms with Crippen LogP contribution in [0.25, 0.3) is 0 Å². The Bertz CT molecular complexity index is 741. The summed E-state index contributed by atoms with van der Waals surface area (Å²) in [6.07, 6.45) is 0. The van der Waals surface area contributed by atoms with Crippen LogP contribution in [0.15, 0.2) is 59.7 Å². The highest BCUT2D eigenvalue weighted by atomic mass is 16.5. The molecule has 130 valence electrons. The number of carbonyl (C=O) groups is 1. The predicted molar refractivity (Wildman–Crippen MR) is 97.2 cm³/mol. The molecule has 6 heteroatoms. The number of rotatable bonds is 5. The lowest BCUT2D eigenvalue weighted by molar-refractivity contribution is 0.0658. The van der Waals surface area contributed by atoms with Crippen molar-refractivity contribution in [1.29, 1.82) is 0 Å². The first-order chi connectivity index (χ1) is 12.3. The lowest BCUT2D eigenvalue weighted by Gasteiger charge is -2.29. The summed E-state index contributed by atoms with van der Waals surface area (Å²) in [4.78, 5) is 14.9. The summed E-state index contributed by atoms with van der Waals surface area (Å²) in [5.41, 5.74) is 4.28. The molecule has 2 aromatic carbocycles. The van der Waals surface area contributed by atoms with Gasteiger partial charge in [0.1, 0.15) is 5.75 Å². The van der Waals surface area contributed by atoms with E-state index >= 15 is 0 Å². The first-order valence-corrected chi connectivity index (χ1v) is 8.19. The van der Waals surface area contributed by atoms with Crippen molar-refractivity contribution in [2.45, 2.75) is 0 Å². The van der Waals surface area contributed by atoms with Gasteiger partial charge in [0, 0.05) is 18.7 Å². The molecule has 0 radical (unpaired) electrons. The Morgan fingerprint density at radius 3 is 2.48 bits per heavy atom. The van der Waals surface area contributed by atoms with E-state index in [0.717, 1.165) is 0 Å². The van der Waals surface area contributed by atoms with Gasteiger partial charge in [-0.2, -0.15) is 5.10 Å². The zero-order valence-corrected chi connectivity index (χ0v) is 14.1. The Morgan fingerprint density at radius 1 is 1.08 bits per heavy atom. The number of para-hydroxylation sites is 2. The standard InChI is InChI=1S/C19H21N3O3/c1-24-17-10-6-5-9-16(17)20-21-19(22-11-13-25-14-12-22)18(23)15-7-3-2-4-8-15/h2-10,20H,11-14H2,1H3/b21-19-. The zero-order valence-electron chi connectivity index (χ0n) is 14.1. The third kappa shape index (κ3) is 4.16. The maximum Gasteiger partial charge on any atom is 0.229 e. The van der Waals surface area contributed by atoms with E-state index < -0.39 is 0 Å². The molecule has 0 aromatic heterocycles. The number of ketones is 1. The molecule has 1 fully saturated rings. The van der Waals surface area contributed by atoms with E-state index in [9.17, 15) is 4.79 Å². The van der Waals surface area contributed by atoms with E-state index in [0.29, 0.717) is 49.1 Å². The highest BCUT2D eigenvalue weighted by molar-refractivity contribution is 6.45. The van der Waals surface area contributed by atoms with E-state index in [1.54, 1.807) is 19.2 Å². The van der Waals surface area contributed by atoms with Gasteiger partial charge in [0.2, 0.25) is 5.78 Å². The first-order valence-electron chi connectivity index (χ1n) is 8.19. The summed E-state index contributed by atoms with van der Waals surface area (Å²) >= 11 is 0. The van der Waals surface area contributed by atoms with Crippen molar-refractivity contribution in [3.05, 3.63) is 60.2 Å². The molecular weight excluding hydrogens is 318 g/mol. The third-order valence-corrected chi connectivity index (χ3v) is 3.94. The molecule has 0 amide bonds. The van der Waals surface area contributed by atoms with E-state index in [4.69, 9.17) is 9.47 Å². The third-order valence-electron chi connectivity index (χ3n) is 3.94. The Labute approximate surface area is 147 Å².